The Balaban J connectivity index is 2.04. The molecule has 1 heterocycles. The predicted octanol–water partition coefficient (Wildman–Crippen LogP) is 1.71. The van der Waals surface area contributed by atoms with Gasteiger partial charge in [-0.2, -0.15) is 5.26 Å². The number of rotatable bonds is 5. The molecule has 5 nitrogen and oxygen atoms in total. The predicted molar refractivity (Wildman–Crippen MR) is 86.6 cm³/mol. The third-order valence-corrected chi connectivity index (χ3v) is 5.49. The molecule has 0 bridgehead atoms. The third kappa shape index (κ3) is 4.29. The van der Waals surface area contributed by atoms with Crippen LogP contribution in [0.25, 0.3) is 0 Å². The van der Waals surface area contributed by atoms with E-state index < -0.39 is 10.0 Å². The van der Waals surface area contributed by atoms with Crippen molar-refractivity contribution in [1.82, 2.24) is 9.62 Å². The van der Waals surface area contributed by atoms with E-state index in [1.165, 1.54) is 0 Å². The average Bonchev–Trinajstić information content (AvgIpc) is 2.79. The molecule has 0 radical (unpaired) electrons. The van der Waals surface area contributed by atoms with Gasteiger partial charge in [0.15, 0.2) is 0 Å². The average molecular weight is 321 g/mol. The molecule has 1 saturated heterocycles. The van der Waals surface area contributed by atoms with Gasteiger partial charge in [-0.3, -0.25) is 4.90 Å². The van der Waals surface area contributed by atoms with E-state index in [9.17, 15) is 8.42 Å². The molecule has 1 aromatic rings. The second-order valence-corrected chi connectivity index (χ2v) is 8.07. The molecule has 22 heavy (non-hydrogen) atoms. The van der Waals surface area contributed by atoms with Gasteiger partial charge in [-0.1, -0.05) is 19.1 Å². The van der Waals surface area contributed by atoms with Crippen molar-refractivity contribution in [3.8, 4) is 6.07 Å². The Hall–Kier alpha value is -1.42. The molecule has 1 aliphatic rings. The number of hydrogen-bond donors (Lipinski definition) is 1. The molecule has 0 saturated carbocycles. The Kier molecular flexibility index (Phi) is 5.22. The van der Waals surface area contributed by atoms with Crippen LogP contribution in [-0.4, -0.2) is 38.5 Å². The number of hydrogen-bond acceptors (Lipinski definition) is 4. The van der Waals surface area contributed by atoms with Gasteiger partial charge in [0.1, 0.15) is 0 Å². The molecular formula is C16H23N3O2S. The normalized spacial score (nSPS) is 22.9. The second kappa shape index (κ2) is 6.78. The standard InChI is InChI=1S/C16H23N3O2S/c1-12(2)19-9-13(3)16(10-19)18-22(20,21)11-15-6-4-5-14(7-15)8-17/h4-7,12-13,16,18H,9-11H2,1-3H3/t13-,16+/m1/s1. The fraction of sp³-hybridized carbons (Fsp3) is 0.562. The molecule has 0 spiro atoms. The van der Waals surface area contributed by atoms with E-state index in [4.69, 9.17) is 5.26 Å². The highest BCUT2D eigenvalue weighted by Crippen LogP contribution is 2.20. The smallest absolute Gasteiger partial charge is 0.216 e. The second-order valence-electron chi connectivity index (χ2n) is 6.32. The minimum atomic E-state index is -3.41. The fourth-order valence-electron chi connectivity index (χ4n) is 2.80. The maximum atomic E-state index is 12.4. The van der Waals surface area contributed by atoms with Gasteiger partial charge in [0.25, 0.3) is 0 Å². The molecule has 0 unspecified atom stereocenters. The maximum Gasteiger partial charge on any atom is 0.216 e. The largest absolute Gasteiger partial charge is 0.299 e. The van der Waals surface area contributed by atoms with E-state index in [-0.39, 0.29) is 11.8 Å². The van der Waals surface area contributed by atoms with Gasteiger partial charge in [-0.25, -0.2) is 13.1 Å². The van der Waals surface area contributed by atoms with E-state index in [2.05, 4.69) is 30.4 Å². The van der Waals surface area contributed by atoms with Crippen molar-refractivity contribution < 1.29 is 8.42 Å². The minimum absolute atomic E-state index is 0.0495. The van der Waals surface area contributed by atoms with Crippen LogP contribution >= 0.6 is 0 Å². The Bertz CT molecular complexity index is 664. The summed E-state index contributed by atoms with van der Waals surface area (Å²) in [6.45, 7) is 7.98. The highest BCUT2D eigenvalue weighted by molar-refractivity contribution is 7.88. The summed E-state index contributed by atoms with van der Waals surface area (Å²) >= 11 is 0. The van der Waals surface area contributed by atoms with Crippen LogP contribution in [0.2, 0.25) is 0 Å². The molecule has 1 aliphatic heterocycles. The number of nitrogens with one attached hydrogen (secondary N) is 1. The molecule has 0 amide bonds. The molecular weight excluding hydrogens is 298 g/mol. The Labute approximate surface area is 133 Å². The van der Waals surface area contributed by atoms with E-state index in [1.807, 2.05) is 6.07 Å². The number of nitriles is 1. The fourth-order valence-corrected chi connectivity index (χ4v) is 4.27. The number of nitrogens with zero attached hydrogens (tertiary/aromatic N) is 2. The first-order valence-electron chi connectivity index (χ1n) is 7.54. The van der Waals surface area contributed by atoms with E-state index in [0.717, 1.165) is 13.1 Å². The topological polar surface area (TPSA) is 73.2 Å². The molecule has 2 rings (SSSR count). The Morgan fingerprint density at radius 3 is 2.73 bits per heavy atom. The van der Waals surface area contributed by atoms with Crippen LogP contribution in [0.15, 0.2) is 24.3 Å². The zero-order valence-electron chi connectivity index (χ0n) is 13.3. The SMILES string of the molecule is CC(C)N1C[C@@H](C)[C@@H](NS(=O)(=O)Cc2cccc(C#N)c2)C1. The molecule has 1 fully saturated rings. The van der Waals surface area contributed by atoms with Gasteiger partial charge in [0, 0.05) is 25.2 Å². The van der Waals surface area contributed by atoms with Crippen molar-refractivity contribution in [2.75, 3.05) is 13.1 Å². The van der Waals surface area contributed by atoms with Crippen molar-refractivity contribution in [3.05, 3.63) is 35.4 Å². The lowest BCUT2D eigenvalue weighted by atomic mass is 10.1. The summed E-state index contributed by atoms with van der Waals surface area (Å²) in [5.74, 6) is 0.204. The molecule has 0 aliphatic carbocycles. The van der Waals surface area contributed by atoms with Crippen molar-refractivity contribution >= 4 is 10.0 Å². The van der Waals surface area contributed by atoms with Crippen LogP contribution in [-0.2, 0) is 15.8 Å². The highest BCUT2D eigenvalue weighted by atomic mass is 32.2. The van der Waals surface area contributed by atoms with Gasteiger partial charge < -0.3 is 0 Å². The number of benzene rings is 1. The quantitative estimate of drug-likeness (QED) is 0.896. The summed E-state index contributed by atoms with van der Waals surface area (Å²) in [6.07, 6.45) is 0. The van der Waals surface area contributed by atoms with Crippen LogP contribution in [0, 0.1) is 17.2 Å². The van der Waals surface area contributed by atoms with Crippen LogP contribution in [0.5, 0.6) is 0 Å². The zero-order valence-corrected chi connectivity index (χ0v) is 14.1. The monoisotopic (exact) mass is 321 g/mol. The van der Waals surface area contributed by atoms with E-state index in [1.54, 1.807) is 24.3 Å². The van der Waals surface area contributed by atoms with Gasteiger partial charge in [-0.05, 0) is 37.5 Å². The Morgan fingerprint density at radius 2 is 2.14 bits per heavy atom. The minimum Gasteiger partial charge on any atom is -0.299 e. The Morgan fingerprint density at radius 1 is 1.41 bits per heavy atom. The van der Waals surface area contributed by atoms with Crippen molar-refractivity contribution in [3.63, 3.8) is 0 Å². The number of sulfonamides is 1. The van der Waals surface area contributed by atoms with Gasteiger partial charge in [-0.15, -0.1) is 0 Å². The first-order chi connectivity index (χ1) is 10.3. The molecule has 6 heteroatoms. The van der Waals surface area contributed by atoms with Crippen molar-refractivity contribution in [1.29, 1.82) is 5.26 Å². The summed E-state index contributed by atoms with van der Waals surface area (Å²) in [5, 5.41) is 8.89. The van der Waals surface area contributed by atoms with Crippen molar-refractivity contribution in [2.24, 2.45) is 5.92 Å². The summed E-state index contributed by atoms with van der Waals surface area (Å²) in [7, 11) is -3.41. The summed E-state index contributed by atoms with van der Waals surface area (Å²) in [6, 6.07) is 9.14. The highest BCUT2D eigenvalue weighted by Gasteiger charge is 2.33. The molecule has 1 N–H and O–H groups in total. The van der Waals surface area contributed by atoms with E-state index in [0.29, 0.717) is 23.1 Å². The van der Waals surface area contributed by atoms with Crippen LogP contribution in [0.1, 0.15) is 31.9 Å². The first-order valence-corrected chi connectivity index (χ1v) is 9.19. The summed E-state index contributed by atoms with van der Waals surface area (Å²) in [4.78, 5) is 2.29. The number of likely N-dealkylation sites (tertiary alicyclic amines) is 1. The van der Waals surface area contributed by atoms with E-state index >= 15 is 0 Å². The summed E-state index contributed by atoms with van der Waals surface area (Å²) < 4.78 is 27.6. The van der Waals surface area contributed by atoms with Crippen LogP contribution < -0.4 is 4.72 Å². The van der Waals surface area contributed by atoms with Crippen molar-refractivity contribution in [2.45, 2.75) is 38.6 Å². The van der Waals surface area contributed by atoms with Crippen LogP contribution in [0.4, 0.5) is 0 Å². The zero-order chi connectivity index (χ0) is 16.3. The molecule has 0 aromatic heterocycles. The maximum absolute atomic E-state index is 12.4. The summed E-state index contributed by atoms with van der Waals surface area (Å²) in [5.41, 5.74) is 1.12. The van der Waals surface area contributed by atoms with Gasteiger partial charge in [0.05, 0.1) is 17.4 Å². The first kappa shape index (κ1) is 16.9. The molecule has 120 valence electrons. The van der Waals surface area contributed by atoms with Gasteiger partial charge in [0.2, 0.25) is 10.0 Å². The van der Waals surface area contributed by atoms with Crippen LogP contribution in [0.3, 0.4) is 0 Å². The molecule has 2 atom stereocenters. The lowest BCUT2D eigenvalue weighted by Crippen LogP contribution is -2.41. The van der Waals surface area contributed by atoms with Gasteiger partial charge >= 0.3 is 0 Å². The lowest BCUT2D eigenvalue weighted by molar-refractivity contribution is 0.265. The lowest BCUT2D eigenvalue weighted by Gasteiger charge is -2.20. The molecule has 1 aromatic carbocycles. The third-order valence-electron chi connectivity index (χ3n) is 4.11.